The maximum Gasteiger partial charge on any atom is 0.319 e. The van der Waals surface area contributed by atoms with Crippen molar-refractivity contribution in [3.63, 3.8) is 0 Å². The third-order valence-electron chi connectivity index (χ3n) is 4.33. The number of ether oxygens (including phenoxy) is 1. The number of morpholine rings is 1. The van der Waals surface area contributed by atoms with E-state index >= 15 is 0 Å². The summed E-state index contributed by atoms with van der Waals surface area (Å²) in [5.74, 6) is 0. The Kier molecular flexibility index (Phi) is 5.19. The summed E-state index contributed by atoms with van der Waals surface area (Å²) in [5.41, 5.74) is 2.36. The zero-order chi connectivity index (χ0) is 18.0. The number of anilines is 1. The predicted molar refractivity (Wildman–Crippen MR) is 96.7 cm³/mol. The highest BCUT2D eigenvalue weighted by atomic mass is 16.5. The van der Waals surface area contributed by atoms with Crippen molar-refractivity contribution in [3.8, 4) is 0 Å². The minimum absolute atomic E-state index is 0.225. The summed E-state index contributed by atoms with van der Waals surface area (Å²) in [4.78, 5) is 18.8. The van der Waals surface area contributed by atoms with Gasteiger partial charge in [0, 0.05) is 38.6 Å². The molecule has 2 atom stereocenters. The number of hydrogen-bond donors (Lipinski definition) is 2. The molecule has 1 aliphatic heterocycles. The molecule has 1 saturated heterocycles. The molecule has 1 aliphatic rings. The number of aryl methyl sites for hydroxylation is 2. The van der Waals surface area contributed by atoms with Gasteiger partial charge in [-0.15, -0.1) is 0 Å². The molecule has 0 unspecified atom stereocenters. The smallest absolute Gasteiger partial charge is 0.319 e. The van der Waals surface area contributed by atoms with Gasteiger partial charge in [0.1, 0.15) is 0 Å². The first-order valence-corrected chi connectivity index (χ1v) is 8.64. The van der Waals surface area contributed by atoms with E-state index < -0.39 is 0 Å². The highest BCUT2D eigenvalue weighted by molar-refractivity contribution is 5.91. The molecule has 2 aromatic heterocycles. The summed E-state index contributed by atoms with van der Waals surface area (Å²) in [6, 6.07) is 1.67. The zero-order valence-electron chi connectivity index (χ0n) is 15.2. The average Bonchev–Trinajstić information content (AvgIpc) is 2.80. The molecule has 0 radical (unpaired) electrons. The summed E-state index contributed by atoms with van der Waals surface area (Å²) >= 11 is 0. The van der Waals surface area contributed by atoms with Crippen LogP contribution in [0.1, 0.15) is 19.5 Å². The average molecular weight is 346 g/mol. The van der Waals surface area contributed by atoms with Crippen LogP contribution in [-0.2, 0) is 11.8 Å². The van der Waals surface area contributed by atoms with Gasteiger partial charge in [-0.05, 0) is 26.8 Å². The second kappa shape index (κ2) is 7.37. The number of nitrogens with one attached hydrogen (secondary N) is 2. The molecule has 8 nitrogen and oxygen atoms in total. The van der Waals surface area contributed by atoms with Crippen molar-refractivity contribution in [1.29, 1.82) is 0 Å². The van der Waals surface area contributed by atoms with Crippen molar-refractivity contribution in [1.82, 2.24) is 25.0 Å². The van der Waals surface area contributed by atoms with Crippen LogP contribution in [0.15, 0.2) is 12.3 Å². The lowest BCUT2D eigenvalue weighted by molar-refractivity contribution is -0.0672. The van der Waals surface area contributed by atoms with Crippen LogP contribution in [0.25, 0.3) is 11.0 Å². The van der Waals surface area contributed by atoms with E-state index in [-0.39, 0.29) is 18.2 Å². The first kappa shape index (κ1) is 17.6. The van der Waals surface area contributed by atoms with Crippen molar-refractivity contribution >= 4 is 22.8 Å². The number of hydrogen-bond acceptors (Lipinski definition) is 5. The topological polar surface area (TPSA) is 84.3 Å². The molecule has 2 aromatic rings. The summed E-state index contributed by atoms with van der Waals surface area (Å²) < 4.78 is 7.45. The van der Waals surface area contributed by atoms with E-state index in [1.807, 2.05) is 20.0 Å². The number of nitrogens with zero attached hydrogens (tertiary/aromatic N) is 4. The third kappa shape index (κ3) is 4.26. The van der Waals surface area contributed by atoms with Crippen molar-refractivity contribution in [2.75, 3.05) is 31.5 Å². The van der Waals surface area contributed by atoms with Gasteiger partial charge in [-0.1, -0.05) is 0 Å². The molecule has 0 saturated carbocycles. The molecule has 3 rings (SSSR count). The molecule has 3 heterocycles. The van der Waals surface area contributed by atoms with Gasteiger partial charge < -0.3 is 15.4 Å². The Balaban J connectivity index is 1.50. The molecule has 1 fully saturated rings. The lowest BCUT2D eigenvalue weighted by Crippen LogP contribution is -2.48. The molecule has 0 aliphatic carbocycles. The van der Waals surface area contributed by atoms with E-state index in [2.05, 4.69) is 39.5 Å². The van der Waals surface area contributed by atoms with Crippen LogP contribution in [0.3, 0.4) is 0 Å². The van der Waals surface area contributed by atoms with Crippen LogP contribution in [0.4, 0.5) is 10.5 Å². The van der Waals surface area contributed by atoms with E-state index in [0.29, 0.717) is 12.2 Å². The van der Waals surface area contributed by atoms with Gasteiger partial charge in [-0.3, -0.25) is 9.58 Å². The van der Waals surface area contributed by atoms with Crippen LogP contribution in [0.2, 0.25) is 0 Å². The Morgan fingerprint density at radius 2 is 2.08 bits per heavy atom. The van der Waals surface area contributed by atoms with Crippen LogP contribution in [-0.4, -0.2) is 64.1 Å². The zero-order valence-corrected chi connectivity index (χ0v) is 15.2. The van der Waals surface area contributed by atoms with Gasteiger partial charge in [-0.2, -0.15) is 5.10 Å². The lowest BCUT2D eigenvalue weighted by Gasteiger charge is -2.35. The molecule has 0 aromatic carbocycles. The molecule has 0 bridgehead atoms. The van der Waals surface area contributed by atoms with Gasteiger partial charge in [0.05, 0.1) is 29.8 Å². The largest absolute Gasteiger partial charge is 0.373 e. The quantitative estimate of drug-likeness (QED) is 0.877. The molecular weight excluding hydrogens is 320 g/mol. The fraction of sp³-hybridized carbons (Fsp3) is 0.588. The number of fused-ring (bicyclic) bond motifs is 1. The SMILES string of the molecule is Cc1nn(C)c2ncc(NC(=O)NCCN3C[C@H](C)O[C@@H](C)C3)cc12. The highest BCUT2D eigenvalue weighted by Gasteiger charge is 2.21. The van der Waals surface area contributed by atoms with Crippen molar-refractivity contribution in [2.24, 2.45) is 7.05 Å². The Bertz CT molecular complexity index is 749. The molecular formula is C17H26N6O2. The lowest BCUT2D eigenvalue weighted by atomic mass is 10.2. The van der Waals surface area contributed by atoms with Gasteiger partial charge >= 0.3 is 6.03 Å². The van der Waals surface area contributed by atoms with E-state index in [4.69, 9.17) is 4.74 Å². The second-order valence-electron chi connectivity index (χ2n) is 6.70. The van der Waals surface area contributed by atoms with Gasteiger partial charge in [-0.25, -0.2) is 9.78 Å². The normalized spacial score (nSPS) is 21.4. The third-order valence-corrected chi connectivity index (χ3v) is 4.33. The fourth-order valence-electron chi connectivity index (χ4n) is 3.35. The number of carbonyl (C=O) groups excluding carboxylic acids is 1. The van der Waals surface area contributed by atoms with E-state index in [1.54, 1.807) is 10.9 Å². The van der Waals surface area contributed by atoms with Gasteiger partial charge in [0.25, 0.3) is 0 Å². The van der Waals surface area contributed by atoms with Crippen molar-refractivity contribution < 1.29 is 9.53 Å². The maximum atomic E-state index is 12.1. The minimum Gasteiger partial charge on any atom is -0.373 e. The Hall–Kier alpha value is -2.19. The van der Waals surface area contributed by atoms with E-state index in [1.165, 1.54) is 0 Å². The summed E-state index contributed by atoms with van der Waals surface area (Å²) in [7, 11) is 1.86. The molecule has 2 amide bonds. The van der Waals surface area contributed by atoms with E-state index in [9.17, 15) is 4.79 Å². The van der Waals surface area contributed by atoms with Gasteiger partial charge in [0.2, 0.25) is 0 Å². The first-order valence-electron chi connectivity index (χ1n) is 8.64. The number of amides is 2. The number of carbonyl (C=O) groups is 1. The van der Waals surface area contributed by atoms with Gasteiger partial charge in [0.15, 0.2) is 5.65 Å². The monoisotopic (exact) mass is 346 g/mol. The molecule has 2 N–H and O–H groups in total. The molecule has 25 heavy (non-hydrogen) atoms. The van der Waals surface area contributed by atoms with E-state index in [0.717, 1.165) is 36.4 Å². The summed E-state index contributed by atoms with van der Waals surface area (Å²) in [6.45, 7) is 9.28. The Morgan fingerprint density at radius 3 is 2.80 bits per heavy atom. The standard InChI is InChI=1S/C17H26N6O2/c1-11-9-23(10-12(2)25-11)6-5-18-17(24)20-14-7-15-13(3)21-22(4)16(15)19-8-14/h7-8,11-12H,5-6,9-10H2,1-4H3,(H2,18,20,24)/t11-,12-/m0/s1. The number of rotatable bonds is 4. The fourth-order valence-corrected chi connectivity index (χ4v) is 3.35. The summed E-state index contributed by atoms with van der Waals surface area (Å²) in [5, 5.41) is 11.0. The maximum absolute atomic E-state index is 12.1. The Morgan fingerprint density at radius 1 is 1.36 bits per heavy atom. The number of pyridine rings is 1. The molecule has 8 heteroatoms. The predicted octanol–water partition coefficient (Wildman–Crippen LogP) is 1.51. The first-order chi connectivity index (χ1) is 11.9. The van der Waals surface area contributed by atoms with Crippen LogP contribution < -0.4 is 10.6 Å². The summed E-state index contributed by atoms with van der Waals surface area (Å²) in [6.07, 6.45) is 2.12. The Labute approximate surface area is 147 Å². The minimum atomic E-state index is -0.225. The number of aromatic nitrogens is 3. The molecule has 136 valence electrons. The molecule has 0 spiro atoms. The highest BCUT2D eigenvalue weighted by Crippen LogP contribution is 2.19. The van der Waals surface area contributed by atoms with Crippen LogP contribution in [0, 0.1) is 6.92 Å². The van der Waals surface area contributed by atoms with Crippen molar-refractivity contribution in [3.05, 3.63) is 18.0 Å². The van der Waals surface area contributed by atoms with Crippen molar-refractivity contribution in [2.45, 2.75) is 33.0 Å². The number of urea groups is 1. The van der Waals surface area contributed by atoms with Crippen LogP contribution >= 0.6 is 0 Å². The second-order valence-corrected chi connectivity index (χ2v) is 6.70. The van der Waals surface area contributed by atoms with Crippen LogP contribution in [0.5, 0.6) is 0 Å².